The fourth-order valence-corrected chi connectivity index (χ4v) is 5.38. The zero-order valence-corrected chi connectivity index (χ0v) is 20.4. The molecule has 0 N–H and O–H groups in total. The van der Waals surface area contributed by atoms with Gasteiger partial charge in [0.25, 0.3) is 0 Å². The Hall–Kier alpha value is -1.56. The maximum Gasteiger partial charge on any atom is -0.0162 e. The number of unbranched alkanes of at least 4 members (excludes halogenated alkanes) is 7. The van der Waals surface area contributed by atoms with Crippen molar-refractivity contribution in [2.24, 2.45) is 5.92 Å². The van der Waals surface area contributed by atoms with Crippen molar-refractivity contribution < 1.29 is 0 Å². The number of rotatable bonds is 13. The molecule has 1 aliphatic rings. The average Bonchev–Trinajstić information content (AvgIpc) is 2.83. The molecular weight excluding hydrogens is 372 g/mol. The summed E-state index contributed by atoms with van der Waals surface area (Å²) in [5, 5.41) is 0. The summed E-state index contributed by atoms with van der Waals surface area (Å²) >= 11 is 0. The van der Waals surface area contributed by atoms with Crippen molar-refractivity contribution in [1.29, 1.82) is 0 Å². The second-order valence-corrected chi connectivity index (χ2v) is 10.1. The molecule has 0 atom stereocenters. The summed E-state index contributed by atoms with van der Waals surface area (Å²) in [6.07, 6.45) is 20.8. The zero-order valence-electron chi connectivity index (χ0n) is 20.4. The molecule has 0 bridgehead atoms. The molecule has 1 fully saturated rings. The Morgan fingerprint density at radius 2 is 1.13 bits per heavy atom. The Morgan fingerprint density at radius 1 is 0.581 bits per heavy atom. The van der Waals surface area contributed by atoms with E-state index in [1.807, 2.05) is 0 Å². The minimum Gasteiger partial charge on any atom is -0.0654 e. The summed E-state index contributed by atoms with van der Waals surface area (Å²) < 4.78 is 0. The molecule has 0 spiro atoms. The highest BCUT2D eigenvalue weighted by atomic mass is 14.3. The van der Waals surface area contributed by atoms with Crippen molar-refractivity contribution in [3.63, 3.8) is 0 Å². The third-order valence-electron chi connectivity index (χ3n) is 7.55. The van der Waals surface area contributed by atoms with E-state index in [1.54, 1.807) is 5.56 Å². The number of aryl methyl sites for hydroxylation is 1. The minimum absolute atomic E-state index is 0.788. The SMILES string of the molecule is CCCCCCCCCc1ccc(-c2ccc([C@H]3CC[C@H](CCCC)CC3)cc2)cc1. The average molecular weight is 419 g/mol. The molecule has 2 aromatic carbocycles. The van der Waals surface area contributed by atoms with Crippen LogP contribution in [0.2, 0.25) is 0 Å². The van der Waals surface area contributed by atoms with Crippen LogP contribution in [0.25, 0.3) is 11.1 Å². The van der Waals surface area contributed by atoms with E-state index < -0.39 is 0 Å². The van der Waals surface area contributed by atoms with Crippen LogP contribution in [0, 0.1) is 5.92 Å². The van der Waals surface area contributed by atoms with Crippen LogP contribution >= 0.6 is 0 Å². The van der Waals surface area contributed by atoms with Gasteiger partial charge in [0.1, 0.15) is 0 Å². The highest BCUT2D eigenvalue weighted by molar-refractivity contribution is 5.64. The third-order valence-corrected chi connectivity index (χ3v) is 7.55. The monoisotopic (exact) mass is 418 g/mol. The van der Waals surface area contributed by atoms with Crippen molar-refractivity contribution >= 4 is 0 Å². The Kier molecular flexibility index (Phi) is 10.7. The van der Waals surface area contributed by atoms with Crippen LogP contribution in [-0.2, 0) is 6.42 Å². The lowest BCUT2D eigenvalue weighted by molar-refractivity contribution is 0.304. The first-order valence-corrected chi connectivity index (χ1v) is 13.5. The molecule has 2 aromatic rings. The van der Waals surface area contributed by atoms with Crippen molar-refractivity contribution in [3.05, 3.63) is 59.7 Å². The summed E-state index contributed by atoms with van der Waals surface area (Å²) in [7, 11) is 0. The zero-order chi connectivity index (χ0) is 21.7. The van der Waals surface area contributed by atoms with Crippen molar-refractivity contribution in [2.75, 3.05) is 0 Å². The second kappa shape index (κ2) is 13.8. The van der Waals surface area contributed by atoms with Crippen LogP contribution in [0.5, 0.6) is 0 Å². The van der Waals surface area contributed by atoms with Crippen molar-refractivity contribution in [1.82, 2.24) is 0 Å². The van der Waals surface area contributed by atoms with E-state index in [0.717, 1.165) is 11.8 Å². The standard InChI is InChI=1S/C31H46/c1-3-5-7-8-9-10-11-13-27-16-20-29(21-17-27)31-24-22-30(23-25-31)28-18-14-26(15-19-28)12-6-4-2/h16-17,20-26,28H,3-15,18-19H2,1-2H3/t26-,28-. The van der Waals surface area contributed by atoms with E-state index in [4.69, 9.17) is 0 Å². The molecule has 0 saturated heterocycles. The highest BCUT2D eigenvalue weighted by Crippen LogP contribution is 2.38. The molecule has 0 aliphatic heterocycles. The van der Waals surface area contributed by atoms with Gasteiger partial charge in [-0.15, -0.1) is 0 Å². The fourth-order valence-electron chi connectivity index (χ4n) is 5.38. The Bertz CT molecular complexity index is 701. The molecule has 1 saturated carbocycles. The van der Waals surface area contributed by atoms with Gasteiger partial charge in [0.2, 0.25) is 0 Å². The molecule has 0 nitrogen and oxygen atoms in total. The van der Waals surface area contributed by atoms with Gasteiger partial charge in [-0.2, -0.15) is 0 Å². The summed E-state index contributed by atoms with van der Waals surface area (Å²) in [4.78, 5) is 0. The van der Waals surface area contributed by atoms with Gasteiger partial charge in [-0.05, 0) is 72.6 Å². The van der Waals surface area contributed by atoms with Gasteiger partial charge in [0.05, 0.1) is 0 Å². The predicted molar refractivity (Wildman–Crippen MR) is 138 cm³/mol. The molecule has 0 radical (unpaired) electrons. The van der Waals surface area contributed by atoms with E-state index in [9.17, 15) is 0 Å². The van der Waals surface area contributed by atoms with Gasteiger partial charge >= 0.3 is 0 Å². The van der Waals surface area contributed by atoms with E-state index in [0.29, 0.717) is 0 Å². The summed E-state index contributed by atoms with van der Waals surface area (Å²) in [5.74, 6) is 1.78. The highest BCUT2D eigenvalue weighted by Gasteiger charge is 2.21. The smallest absolute Gasteiger partial charge is 0.0162 e. The molecule has 0 heterocycles. The summed E-state index contributed by atoms with van der Waals surface area (Å²) in [5.41, 5.74) is 5.78. The molecule has 0 aromatic heterocycles. The molecule has 170 valence electrons. The van der Waals surface area contributed by atoms with Crippen LogP contribution in [0.15, 0.2) is 48.5 Å². The Labute approximate surface area is 192 Å². The molecular formula is C31H46. The lowest BCUT2D eigenvalue weighted by Crippen LogP contribution is -2.13. The first-order valence-electron chi connectivity index (χ1n) is 13.5. The number of hydrogen-bond donors (Lipinski definition) is 0. The first-order chi connectivity index (χ1) is 15.3. The lowest BCUT2D eigenvalue weighted by atomic mass is 9.77. The van der Waals surface area contributed by atoms with E-state index in [2.05, 4.69) is 62.4 Å². The summed E-state index contributed by atoms with van der Waals surface area (Å²) in [6.45, 7) is 4.61. The maximum absolute atomic E-state index is 2.40. The van der Waals surface area contributed by atoms with Crippen LogP contribution in [-0.4, -0.2) is 0 Å². The molecule has 0 amide bonds. The van der Waals surface area contributed by atoms with Gasteiger partial charge < -0.3 is 0 Å². The van der Waals surface area contributed by atoms with Crippen LogP contribution in [0.4, 0.5) is 0 Å². The van der Waals surface area contributed by atoms with E-state index in [1.165, 1.54) is 113 Å². The first kappa shape index (κ1) is 24.1. The minimum atomic E-state index is 0.788. The Balaban J connectivity index is 1.42. The second-order valence-electron chi connectivity index (χ2n) is 10.1. The number of hydrogen-bond acceptors (Lipinski definition) is 0. The van der Waals surface area contributed by atoms with Gasteiger partial charge in [-0.25, -0.2) is 0 Å². The predicted octanol–water partition coefficient (Wildman–Crippen LogP) is 10.1. The quantitative estimate of drug-likeness (QED) is 0.284. The number of benzene rings is 2. The van der Waals surface area contributed by atoms with Crippen molar-refractivity contribution in [2.45, 2.75) is 116 Å². The van der Waals surface area contributed by atoms with Crippen LogP contribution < -0.4 is 0 Å². The molecule has 0 unspecified atom stereocenters. The van der Waals surface area contributed by atoms with Gasteiger partial charge in [-0.1, -0.05) is 120 Å². The maximum atomic E-state index is 2.40. The molecule has 0 heteroatoms. The summed E-state index contributed by atoms with van der Waals surface area (Å²) in [6, 6.07) is 18.8. The topological polar surface area (TPSA) is 0 Å². The van der Waals surface area contributed by atoms with Gasteiger partial charge in [-0.3, -0.25) is 0 Å². The van der Waals surface area contributed by atoms with Gasteiger partial charge in [0.15, 0.2) is 0 Å². The van der Waals surface area contributed by atoms with Gasteiger partial charge in [0, 0.05) is 0 Å². The normalized spacial score (nSPS) is 18.9. The largest absolute Gasteiger partial charge is 0.0654 e. The Morgan fingerprint density at radius 3 is 1.74 bits per heavy atom. The third kappa shape index (κ3) is 8.13. The van der Waals surface area contributed by atoms with E-state index in [-0.39, 0.29) is 0 Å². The van der Waals surface area contributed by atoms with Crippen LogP contribution in [0.1, 0.15) is 121 Å². The van der Waals surface area contributed by atoms with Crippen molar-refractivity contribution in [3.8, 4) is 11.1 Å². The molecule has 31 heavy (non-hydrogen) atoms. The van der Waals surface area contributed by atoms with E-state index >= 15 is 0 Å². The molecule has 1 aliphatic carbocycles. The lowest BCUT2D eigenvalue weighted by Gasteiger charge is -2.29. The molecule has 3 rings (SSSR count). The fraction of sp³-hybridized carbons (Fsp3) is 0.613. The van der Waals surface area contributed by atoms with Crippen LogP contribution in [0.3, 0.4) is 0 Å².